The van der Waals surface area contributed by atoms with Gasteiger partial charge in [0.25, 0.3) is 0 Å². The van der Waals surface area contributed by atoms with Crippen molar-refractivity contribution in [1.29, 1.82) is 0 Å². The third-order valence-electron chi connectivity index (χ3n) is 3.84. The molecule has 0 N–H and O–H groups in total. The van der Waals surface area contributed by atoms with Crippen molar-refractivity contribution < 1.29 is 26.3 Å². The minimum atomic E-state index is -4.37. The number of rotatable bonds is 2. The van der Waals surface area contributed by atoms with Crippen molar-refractivity contribution >= 4 is 11.6 Å². The van der Waals surface area contributed by atoms with Gasteiger partial charge < -0.3 is 0 Å². The molecule has 0 saturated heterocycles. The number of hydrogen-bond donors (Lipinski definition) is 0. The van der Waals surface area contributed by atoms with Gasteiger partial charge in [-0.3, -0.25) is 0 Å². The summed E-state index contributed by atoms with van der Waals surface area (Å²) in [6.07, 6.45) is -8.60. The molecule has 0 aliphatic rings. The lowest BCUT2D eigenvalue weighted by Gasteiger charge is -2.12. The molecule has 0 aliphatic carbocycles. The lowest BCUT2D eigenvalue weighted by Crippen LogP contribution is -2.06. The van der Waals surface area contributed by atoms with Crippen LogP contribution in [0.5, 0.6) is 0 Å². The van der Waals surface area contributed by atoms with E-state index in [-0.39, 0.29) is 16.9 Å². The van der Waals surface area contributed by atoms with Crippen molar-refractivity contribution in [3.05, 3.63) is 69.7 Å². The van der Waals surface area contributed by atoms with E-state index in [0.29, 0.717) is 5.56 Å². The first-order chi connectivity index (χ1) is 12.2. The molecule has 0 spiro atoms. The van der Waals surface area contributed by atoms with Crippen LogP contribution in [-0.4, -0.2) is 0 Å². The molecule has 150 valence electrons. The Balaban J connectivity index is 0.000000271. The van der Waals surface area contributed by atoms with Crippen molar-refractivity contribution in [1.82, 2.24) is 0 Å². The van der Waals surface area contributed by atoms with Crippen LogP contribution in [0.1, 0.15) is 61.8 Å². The average Bonchev–Trinajstić information content (AvgIpc) is 2.54. The van der Waals surface area contributed by atoms with E-state index < -0.39 is 23.5 Å². The molecular weight excluding hydrogens is 390 g/mol. The Morgan fingerprint density at radius 1 is 0.704 bits per heavy atom. The SMILES string of the molecule is CC(C)c1ccc(Cl)c(C(F)(F)F)c1.CC(C)c1cccc(C(F)(F)F)c1. The lowest BCUT2D eigenvalue weighted by atomic mass is 10.0. The van der Waals surface area contributed by atoms with Gasteiger partial charge in [0.2, 0.25) is 0 Å². The first kappa shape index (κ1) is 23.3. The minimum absolute atomic E-state index is 0.0633. The van der Waals surface area contributed by atoms with E-state index in [1.807, 2.05) is 27.7 Å². The molecule has 0 fully saturated rings. The maximum absolute atomic E-state index is 12.4. The van der Waals surface area contributed by atoms with Gasteiger partial charge in [0.05, 0.1) is 16.1 Å². The summed E-state index contributed by atoms with van der Waals surface area (Å²) >= 11 is 5.47. The van der Waals surface area contributed by atoms with Gasteiger partial charge in [0.1, 0.15) is 0 Å². The van der Waals surface area contributed by atoms with Gasteiger partial charge in [0.15, 0.2) is 0 Å². The van der Waals surface area contributed by atoms with Crippen molar-refractivity contribution in [3.63, 3.8) is 0 Å². The zero-order valence-electron chi connectivity index (χ0n) is 15.3. The number of alkyl halides is 6. The first-order valence-electron chi connectivity index (χ1n) is 8.27. The second-order valence-electron chi connectivity index (χ2n) is 6.67. The summed E-state index contributed by atoms with van der Waals surface area (Å²) in [5, 5.41) is -0.248. The highest BCUT2D eigenvalue weighted by Crippen LogP contribution is 2.36. The predicted octanol–water partition coefficient (Wildman–Crippen LogP) is 8.31. The number of benzene rings is 2. The Morgan fingerprint density at radius 3 is 1.67 bits per heavy atom. The van der Waals surface area contributed by atoms with Gasteiger partial charge in [0, 0.05) is 0 Å². The molecule has 0 unspecified atom stereocenters. The molecule has 0 atom stereocenters. The van der Waals surface area contributed by atoms with Gasteiger partial charge >= 0.3 is 12.4 Å². The van der Waals surface area contributed by atoms with Gasteiger partial charge in [-0.05, 0) is 41.2 Å². The number of halogens is 7. The van der Waals surface area contributed by atoms with Crippen LogP contribution in [0.3, 0.4) is 0 Å². The van der Waals surface area contributed by atoms with E-state index in [4.69, 9.17) is 11.6 Å². The highest BCUT2D eigenvalue weighted by molar-refractivity contribution is 6.31. The molecule has 2 aromatic carbocycles. The fourth-order valence-electron chi connectivity index (χ4n) is 2.19. The predicted molar refractivity (Wildman–Crippen MR) is 96.1 cm³/mol. The fourth-order valence-corrected chi connectivity index (χ4v) is 2.42. The average molecular weight is 411 g/mol. The molecule has 0 nitrogen and oxygen atoms in total. The van der Waals surface area contributed by atoms with Crippen molar-refractivity contribution in [3.8, 4) is 0 Å². The van der Waals surface area contributed by atoms with Gasteiger partial charge in [-0.2, -0.15) is 26.3 Å². The van der Waals surface area contributed by atoms with E-state index in [1.165, 1.54) is 18.2 Å². The second kappa shape index (κ2) is 9.00. The van der Waals surface area contributed by atoms with Crippen LogP contribution in [0.15, 0.2) is 42.5 Å². The molecule has 2 rings (SSSR count). The Kier molecular flexibility index (Phi) is 7.78. The summed E-state index contributed by atoms with van der Waals surface area (Å²) in [5.41, 5.74) is 0.0283. The molecule has 27 heavy (non-hydrogen) atoms. The van der Waals surface area contributed by atoms with Crippen molar-refractivity contribution in [2.45, 2.75) is 51.9 Å². The van der Waals surface area contributed by atoms with E-state index in [9.17, 15) is 26.3 Å². The van der Waals surface area contributed by atoms with Crippen LogP contribution < -0.4 is 0 Å². The van der Waals surface area contributed by atoms with E-state index >= 15 is 0 Å². The Hall–Kier alpha value is -1.69. The first-order valence-corrected chi connectivity index (χ1v) is 8.65. The van der Waals surface area contributed by atoms with E-state index in [0.717, 1.165) is 17.7 Å². The molecule has 0 aliphatic heterocycles. The van der Waals surface area contributed by atoms with Gasteiger partial charge in [-0.25, -0.2) is 0 Å². The zero-order valence-corrected chi connectivity index (χ0v) is 16.1. The third-order valence-corrected chi connectivity index (χ3v) is 4.17. The summed E-state index contributed by atoms with van der Waals surface area (Å²) in [5.74, 6) is 0.190. The summed E-state index contributed by atoms with van der Waals surface area (Å²) in [6.45, 7) is 7.41. The highest BCUT2D eigenvalue weighted by Gasteiger charge is 2.33. The molecule has 2 aromatic rings. The Labute approximate surface area is 160 Å². The maximum Gasteiger partial charge on any atom is 0.417 e. The molecule has 7 heteroatoms. The normalized spacial score (nSPS) is 12.2. The summed E-state index contributed by atoms with van der Waals surface area (Å²) < 4.78 is 73.9. The van der Waals surface area contributed by atoms with Crippen molar-refractivity contribution in [2.75, 3.05) is 0 Å². The maximum atomic E-state index is 12.4. The molecule has 0 radical (unpaired) electrons. The second-order valence-corrected chi connectivity index (χ2v) is 7.08. The zero-order chi connectivity index (χ0) is 21.0. The summed E-state index contributed by atoms with van der Waals surface area (Å²) in [6, 6.07) is 9.45. The van der Waals surface area contributed by atoms with Crippen LogP contribution in [-0.2, 0) is 12.4 Å². The molecular formula is C20H21ClF6. The van der Waals surface area contributed by atoms with Crippen LogP contribution in [0, 0.1) is 0 Å². The highest BCUT2D eigenvalue weighted by atomic mass is 35.5. The van der Waals surface area contributed by atoms with E-state index in [1.54, 1.807) is 12.1 Å². The van der Waals surface area contributed by atoms with Crippen LogP contribution >= 0.6 is 11.6 Å². The quantitative estimate of drug-likeness (QED) is 0.436. The molecule has 0 heterocycles. The molecule has 0 amide bonds. The van der Waals surface area contributed by atoms with Crippen LogP contribution in [0.25, 0.3) is 0 Å². The standard InChI is InChI=1S/C10H10ClF3.C10H11F3/c1-6(2)7-3-4-9(11)8(5-7)10(12,13)14;1-7(2)8-4-3-5-9(6-8)10(11,12)13/h3-6H,1-2H3;3-7H,1-2H3. The van der Waals surface area contributed by atoms with Crippen LogP contribution in [0.2, 0.25) is 5.02 Å². The Morgan fingerprint density at radius 2 is 1.22 bits per heavy atom. The fraction of sp³-hybridized carbons (Fsp3) is 0.400. The third kappa shape index (κ3) is 7.09. The summed E-state index contributed by atoms with van der Waals surface area (Å²) in [4.78, 5) is 0. The molecule has 0 saturated carbocycles. The van der Waals surface area contributed by atoms with Crippen molar-refractivity contribution in [2.24, 2.45) is 0 Å². The van der Waals surface area contributed by atoms with Gasteiger partial charge in [-0.15, -0.1) is 0 Å². The van der Waals surface area contributed by atoms with Crippen LogP contribution in [0.4, 0.5) is 26.3 Å². The molecule has 0 bridgehead atoms. The molecule has 0 aromatic heterocycles. The monoisotopic (exact) mass is 410 g/mol. The Bertz CT molecular complexity index is 745. The summed E-state index contributed by atoms with van der Waals surface area (Å²) in [7, 11) is 0. The number of hydrogen-bond acceptors (Lipinski definition) is 0. The largest absolute Gasteiger partial charge is 0.417 e. The smallest absolute Gasteiger partial charge is 0.166 e. The topological polar surface area (TPSA) is 0 Å². The van der Waals surface area contributed by atoms with E-state index in [2.05, 4.69) is 0 Å². The van der Waals surface area contributed by atoms with Gasteiger partial charge in [-0.1, -0.05) is 63.6 Å². The lowest BCUT2D eigenvalue weighted by molar-refractivity contribution is -0.138. The minimum Gasteiger partial charge on any atom is -0.166 e.